The third kappa shape index (κ3) is 2.41. The highest BCUT2D eigenvalue weighted by Gasteiger charge is 2.31. The molecule has 5 heteroatoms. The van der Waals surface area contributed by atoms with Crippen molar-refractivity contribution in [2.45, 2.75) is 18.9 Å². The number of thiol groups is 1. The summed E-state index contributed by atoms with van der Waals surface area (Å²) in [6.45, 7) is 0. The average molecular weight is 189 g/mol. The zero-order valence-corrected chi connectivity index (χ0v) is 7.38. The lowest BCUT2D eigenvalue weighted by Gasteiger charge is -2.10. The van der Waals surface area contributed by atoms with Crippen molar-refractivity contribution in [3.8, 4) is 0 Å². The van der Waals surface area contributed by atoms with Crippen molar-refractivity contribution in [3.05, 3.63) is 0 Å². The lowest BCUT2D eigenvalue weighted by Crippen LogP contribution is -2.42. The van der Waals surface area contributed by atoms with E-state index in [-0.39, 0.29) is 17.6 Å². The van der Waals surface area contributed by atoms with Gasteiger partial charge in [0, 0.05) is 11.7 Å². The molecule has 0 aromatic heterocycles. The summed E-state index contributed by atoms with van der Waals surface area (Å²) in [6.07, 6.45) is 1.76. The largest absolute Gasteiger partial charge is 0.480 e. The fraction of sp³-hybridized carbons (Fsp3) is 0.714. The van der Waals surface area contributed by atoms with Gasteiger partial charge >= 0.3 is 5.97 Å². The number of hydrogen-bond donors (Lipinski definition) is 3. The third-order valence-corrected chi connectivity index (χ3v) is 2.11. The lowest BCUT2D eigenvalue weighted by molar-refractivity contribution is -0.141. The van der Waals surface area contributed by atoms with Crippen LogP contribution in [-0.2, 0) is 9.59 Å². The Kier molecular flexibility index (Phi) is 2.97. The van der Waals surface area contributed by atoms with Gasteiger partial charge in [-0.3, -0.25) is 4.79 Å². The molecule has 1 unspecified atom stereocenters. The molecule has 0 bridgehead atoms. The molecule has 0 radical (unpaired) electrons. The first-order valence-electron chi connectivity index (χ1n) is 3.79. The van der Waals surface area contributed by atoms with Crippen molar-refractivity contribution in [1.82, 2.24) is 5.32 Å². The van der Waals surface area contributed by atoms with E-state index in [1.54, 1.807) is 0 Å². The topological polar surface area (TPSA) is 66.4 Å². The Morgan fingerprint density at radius 1 is 1.58 bits per heavy atom. The molecule has 0 aromatic carbocycles. The minimum atomic E-state index is -1.03. The monoisotopic (exact) mass is 189 g/mol. The molecule has 1 saturated carbocycles. The van der Waals surface area contributed by atoms with Gasteiger partial charge in [-0.2, -0.15) is 12.6 Å². The number of nitrogens with one attached hydrogen (secondary N) is 1. The van der Waals surface area contributed by atoms with Crippen molar-refractivity contribution in [2.75, 3.05) is 5.75 Å². The predicted octanol–water partition coefficient (Wildman–Crippen LogP) is -0.104. The molecule has 1 fully saturated rings. The molecule has 0 heterocycles. The quantitative estimate of drug-likeness (QED) is 0.541. The second-order valence-corrected chi connectivity index (χ2v) is 3.22. The van der Waals surface area contributed by atoms with Crippen LogP contribution in [0.3, 0.4) is 0 Å². The number of aliphatic carboxylic acids is 1. The van der Waals surface area contributed by atoms with E-state index in [4.69, 9.17) is 5.11 Å². The molecule has 12 heavy (non-hydrogen) atoms. The fourth-order valence-electron chi connectivity index (χ4n) is 0.821. The molecule has 1 amide bonds. The number of amides is 1. The first kappa shape index (κ1) is 9.38. The van der Waals surface area contributed by atoms with Crippen LogP contribution >= 0.6 is 12.6 Å². The maximum absolute atomic E-state index is 11.1. The standard InChI is InChI=1S/C7H11NO3S/c9-6(4-1-2-4)8-5(3-12)7(10)11/h4-5,12H,1-3H2,(H,8,9)(H,10,11). The Morgan fingerprint density at radius 2 is 2.17 bits per heavy atom. The smallest absolute Gasteiger partial charge is 0.327 e. The molecule has 0 spiro atoms. The first-order chi connectivity index (χ1) is 5.65. The van der Waals surface area contributed by atoms with E-state index in [9.17, 15) is 9.59 Å². The Bertz CT molecular complexity index is 203. The molecule has 1 atom stereocenters. The van der Waals surface area contributed by atoms with Crippen LogP contribution in [0.1, 0.15) is 12.8 Å². The molecule has 0 aliphatic heterocycles. The normalized spacial score (nSPS) is 18.4. The highest BCUT2D eigenvalue weighted by Crippen LogP contribution is 2.28. The predicted molar refractivity (Wildman–Crippen MR) is 46.1 cm³/mol. The highest BCUT2D eigenvalue weighted by atomic mass is 32.1. The Morgan fingerprint density at radius 3 is 2.50 bits per heavy atom. The number of hydrogen-bond acceptors (Lipinski definition) is 3. The molecule has 1 rings (SSSR count). The van der Waals surface area contributed by atoms with Gasteiger partial charge in [0.05, 0.1) is 0 Å². The summed E-state index contributed by atoms with van der Waals surface area (Å²) in [5, 5.41) is 11.0. The fourth-order valence-corrected chi connectivity index (χ4v) is 1.07. The van der Waals surface area contributed by atoms with Crippen molar-refractivity contribution < 1.29 is 14.7 Å². The Balaban J connectivity index is 2.35. The number of carbonyl (C=O) groups excluding carboxylic acids is 1. The minimum Gasteiger partial charge on any atom is -0.480 e. The van der Waals surface area contributed by atoms with E-state index in [1.165, 1.54) is 0 Å². The summed E-state index contributed by atoms with van der Waals surface area (Å²) < 4.78 is 0. The maximum Gasteiger partial charge on any atom is 0.327 e. The van der Waals surface area contributed by atoms with Crippen molar-refractivity contribution in [2.24, 2.45) is 5.92 Å². The van der Waals surface area contributed by atoms with Gasteiger partial charge in [-0.15, -0.1) is 0 Å². The van der Waals surface area contributed by atoms with E-state index < -0.39 is 12.0 Å². The van der Waals surface area contributed by atoms with Crippen LogP contribution in [-0.4, -0.2) is 28.8 Å². The van der Waals surface area contributed by atoms with Crippen LogP contribution < -0.4 is 5.32 Å². The summed E-state index contributed by atoms with van der Waals surface area (Å²) in [7, 11) is 0. The van der Waals surface area contributed by atoms with E-state index >= 15 is 0 Å². The third-order valence-electron chi connectivity index (χ3n) is 1.75. The van der Waals surface area contributed by atoms with Gasteiger partial charge in [0.25, 0.3) is 0 Å². The molecule has 1 aliphatic rings. The van der Waals surface area contributed by atoms with Crippen LogP contribution in [0.4, 0.5) is 0 Å². The molecule has 0 saturated heterocycles. The van der Waals surface area contributed by atoms with Crippen LogP contribution in [0.15, 0.2) is 0 Å². The zero-order valence-electron chi connectivity index (χ0n) is 6.49. The molecule has 68 valence electrons. The van der Waals surface area contributed by atoms with Crippen LogP contribution in [0, 0.1) is 5.92 Å². The van der Waals surface area contributed by atoms with Gasteiger partial charge < -0.3 is 10.4 Å². The van der Waals surface area contributed by atoms with Crippen molar-refractivity contribution in [3.63, 3.8) is 0 Å². The van der Waals surface area contributed by atoms with Gasteiger partial charge in [-0.05, 0) is 12.8 Å². The highest BCUT2D eigenvalue weighted by molar-refractivity contribution is 7.80. The average Bonchev–Trinajstić information content (AvgIpc) is 2.80. The summed E-state index contributed by atoms with van der Waals surface area (Å²) in [4.78, 5) is 21.5. The lowest BCUT2D eigenvalue weighted by atomic mass is 10.3. The molecule has 0 aromatic rings. The van der Waals surface area contributed by atoms with Gasteiger partial charge in [0.15, 0.2) is 0 Å². The van der Waals surface area contributed by atoms with Gasteiger partial charge in [-0.25, -0.2) is 4.79 Å². The summed E-state index contributed by atoms with van der Waals surface area (Å²) in [5.74, 6) is -1.00. The van der Waals surface area contributed by atoms with E-state index in [0.29, 0.717) is 0 Å². The van der Waals surface area contributed by atoms with Crippen LogP contribution in [0.5, 0.6) is 0 Å². The Labute approximate surface area is 75.7 Å². The Hall–Kier alpha value is -0.710. The molecule has 4 nitrogen and oxygen atoms in total. The minimum absolute atomic E-state index is 0.0479. The molecular formula is C7H11NO3S. The second kappa shape index (κ2) is 3.80. The van der Waals surface area contributed by atoms with E-state index in [0.717, 1.165) is 12.8 Å². The van der Waals surface area contributed by atoms with Gasteiger partial charge in [0.2, 0.25) is 5.91 Å². The van der Waals surface area contributed by atoms with Crippen LogP contribution in [0.25, 0.3) is 0 Å². The van der Waals surface area contributed by atoms with Crippen molar-refractivity contribution in [1.29, 1.82) is 0 Å². The van der Waals surface area contributed by atoms with E-state index in [1.807, 2.05) is 0 Å². The summed E-state index contributed by atoms with van der Waals surface area (Å²) in [6, 6.07) is -0.846. The van der Waals surface area contributed by atoms with Crippen molar-refractivity contribution >= 4 is 24.5 Å². The van der Waals surface area contributed by atoms with E-state index in [2.05, 4.69) is 17.9 Å². The maximum atomic E-state index is 11.1. The van der Waals surface area contributed by atoms with Gasteiger partial charge in [0.1, 0.15) is 6.04 Å². The summed E-state index contributed by atoms with van der Waals surface area (Å²) >= 11 is 3.82. The van der Waals surface area contributed by atoms with Gasteiger partial charge in [-0.1, -0.05) is 0 Å². The number of rotatable bonds is 4. The number of carbonyl (C=O) groups is 2. The molecule has 2 N–H and O–H groups in total. The number of carboxylic acids is 1. The summed E-state index contributed by atoms with van der Waals surface area (Å²) in [5.41, 5.74) is 0. The van der Waals surface area contributed by atoms with Crippen LogP contribution in [0.2, 0.25) is 0 Å². The number of carboxylic acid groups (broad SMARTS) is 1. The zero-order chi connectivity index (χ0) is 9.14. The molecule has 1 aliphatic carbocycles. The molecular weight excluding hydrogens is 178 g/mol. The SMILES string of the molecule is O=C(NC(CS)C(=O)O)C1CC1. The first-order valence-corrected chi connectivity index (χ1v) is 4.42. The second-order valence-electron chi connectivity index (χ2n) is 2.86.